The van der Waals surface area contributed by atoms with Crippen LogP contribution in [0.4, 0.5) is 0 Å². The highest BCUT2D eigenvalue weighted by Crippen LogP contribution is 2.36. The van der Waals surface area contributed by atoms with Crippen LogP contribution in [0.1, 0.15) is 60.6 Å². The van der Waals surface area contributed by atoms with E-state index in [0.29, 0.717) is 5.69 Å². The molecule has 2 fully saturated rings. The first-order chi connectivity index (χ1) is 12.7. The molecule has 1 aromatic carbocycles. The Morgan fingerprint density at radius 3 is 2.46 bits per heavy atom. The number of benzene rings is 1. The number of aromatic nitrogens is 2. The van der Waals surface area contributed by atoms with Crippen molar-refractivity contribution < 1.29 is 9.59 Å². The zero-order valence-corrected chi connectivity index (χ0v) is 15.3. The summed E-state index contributed by atoms with van der Waals surface area (Å²) in [6, 6.07) is 9.24. The minimum Gasteiger partial charge on any atom is -0.351 e. The summed E-state index contributed by atoms with van der Waals surface area (Å²) in [4.78, 5) is 28.0. The lowest BCUT2D eigenvalue weighted by Crippen LogP contribution is -2.47. The molecule has 0 aliphatic heterocycles. The Balaban J connectivity index is 1.65. The van der Waals surface area contributed by atoms with E-state index >= 15 is 0 Å². The lowest BCUT2D eigenvalue weighted by atomic mass is 10.0. The van der Waals surface area contributed by atoms with E-state index in [9.17, 15) is 9.59 Å². The first kappa shape index (κ1) is 17.1. The third-order valence-electron chi connectivity index (χ3n) is 5.10. The summed E-state index contributed by atoms with van der Waals surface area (Å²) in [6.45, 7) is 0. The zero-order chi connectivity index (χ0) is 17.9. The van der Waals surface area contributed by atoms with Crippen LogP contribution in [0.15, 0.2) is 35.7 Å². The molecule has 1 N–H and O–H groups in total. The number of nitrogens with one attached hydrogen (secondary N) is 1. The molecule has 0 saturated heterocycles. The number of carbonyl (C=O) groups excluding carboxylic acids is 2. The van der Waals surface area contributed by atoms with Crippen molar-refractivity contribution >= 4 is 23.3 Å². The van der Waals surface area contributed by atoms with E-state index in [1.165, 1.54) is 0 Å². The number of rotatable bonds is 6. The zero-order valence-electron chi connectivity index (χ0n) is 14.5. The number of hydrogen-bond donors (Lipinski definition) is 1. The van der Waals surface area contributed by atoms with Crippen molar-refractivity contribution in [1.29, 1.82) is 0 Å². The standard InChI is InChI=1S/C19H22N4O2S/c24-18(20-14-8-4-5-9-14)17(13-6-2-1-3-7-13)23(15-10-11-15)19(25)16-12-26-22-21-16/h1-3,6-7,12,14-15,17H,4-5,8-11H2,(H,20,24). The number of carbonyl (C=O) groups is 2. The van der Waals surface area contributed by atoms with Crippen LogP contribution in [-0.2, 0) is 4.79 Å². The van der Waals surface area contributed by atoms with Gasteiger partial charge >= 0.3 is 0 Å². The Hall–Kier alpha value is -2.28. The summed E-state index contributed by atoms with van der Waals surface area (Å²) >= 11 is 1.15. The largest absolute Gasteiger partial charge is 0.351 e. The fourth-order valence-electron chi connectivity index (χ4n) is 3.66. The second-order valence-electron chi connectivity index (χ2n) is 7.04. The Labute approximate surface area is 156 Å². The van der Waals surface area contributed by atoms with E-state index < -0.39 is 6.04 Å². The maximum atomic E-state index is 13.2. The normalized spacial score (nSPS) is 18.5. The van der Waals surface area contributed by atoms with Crippen LogP contribution in [0.3, 0.4) is 0 Å². The van der Waals surface area contributed by atoms with E-state index in [0.717, 1.165) is 55.6 Å². The van der Waals surface area contributed by atoms with Gasteiger partial charge in [0.25, 0.3) is 5.91 Å². The van der Waals surface area contributed by atoms with Gasteiger partial charge in [-0.3, -0.25) is 9.59 Å². The molecule has 0 bridgehead atoms. The van der Waals surface area contributed by atoms with E-state index in [1.807, 2.05) is 30.3 Å². The Kier molecular flexibility index (Phi) is 4.97. The molecule has 1 atom stereocenters. The quantitative estimate of drug-likeness (QED) is 0.848. The lowest BCUT2D eigenvalue weighted by Gasteiger charge is -2.31. The van der Waals surface area contributed by atoms with Crippen LogP contribution in [0, 0.1) is 0 Å². The van der Waals surface area contributed by atoms with Crippen LogP contribution < -0.4 is 5.32 Å². The molecule has 0 radical (unpaired) electrons. The molecule has 4 rings (SSSR count). The molecule has 1 aromatic heterocycles. The summed E-state index contributed by atoms with van der Waals surface area (Å²) in [5.41, 5.74) is 1.16. The molecule has 1 heterocycles. The number of amides is 2. The Bertz CT molecular complexity index is 755. The molecule has 2 aliphatic carbocycles. The average molecular weight is 370 g/mol. The smallest absolute Gasteiger partial charge is 0.276 e. The fourth-order valence-corrected chi connectivity index (χ4v) is 4.09. The first-order valence-corrected chi connectivity index (χ1v) is 10.0. The molecule has 2 amide bonds. The molecule has 6 nitrogen and oxygen atoms in total. The van der Waals surface area contributed by atoms with Crippen LogP contribution in [-0.4, -0.2) is 38.4 Å². The maximum Gasteiger partial charge on any atom is 0.276 e. The van der Waals surface area contributed by atoms with Crippen LogP contribution in [0.25, 0.3) is 0 Å². The van der Waals surface area contributed by atoms with Gasteiger partial charge in [-0.15, -0.1) is 5.10 Å². The second kappa shape index (κ2) is 7.53. The van der Waals surface area contributed by atoms with Gasteiger partial charge in [0.1, 0.15) is 6.04 Å². The van der Waals surface area contributed by atoms with E-state index in [4.69, 9.17) is 0 Å². The van der Waals surface area contributed by atoms with E-state index in [1.54, 1.807) is 10.3 Å². The van der Waals surface area contributed by atoms with Crippen molar-refractivity contribution in [3.05, 3.63) is 47.0 Å². The molecule has 26 heavy (non-hydrogen) atoms. The minimum absolute atomic E-state index is 0.0868. The van der Waals surface area contributed by atoms with Crippen molar-refractivity contribution in [1.82, 2.24) is 19.8 Å². The van der Waals surface area contributed by atoms with Gasteiger partial charge in [-0.25, -0.2) is 0 Å². The van der Waals surface area contributed by atoms with Crippen LogP contribution in [0.2, 0.25) is 0 Å². The Morgan fingerprint density at radius 2 is 1.85 bits per heavy atom. The van der Waals surface area contributed by atoms with Gasteiger partial charge in [0.05, 0.1) is 0 Å². The van der Waals surface area contributed by atoms with Gasteiger partial charge in [0.15, 0.2) is 5.69 Å². The third kappa shape index (κ3) is 3.62. The molecule has 2 aliphatic rings. The van der Waals surface area contributed by atoms with E-state index in [2.05, 4.69) is 14.9 Å². The first-order valence-electron chi connectivity index (χ1n) is 9.19. The van der Waals surface area contributed by atoms with Gasteiger partial charge in [0.2, 0.25) is 5.91 Å². The topological polar surface area (TPSA) is 75.2 Å². The van der Waals surface area contributed by atoms with Gasteiger partial charge in [-0.05, 0) is 42.8 Å². The predicted octanol–water partition coefficient (Wildman–Crippen LogP) is 2.94. The molecular formula is C19H22N4O2S. The van der Waals surface area contributed by atoms with Crippen molar-refractivity contribution in [3.8, 4) is 0 Å². The highest BCUT2D eigenvalue weighted by Gasteiger charge is 2.42. The van der Waals surface area contributed by atoms with Crippen LogP contribution >= 0.6 is 11.5 Å². The van der Waals surface area contributed by atoms with Gasteiger partial charge in [-0.1, -0.05) is 47.7 Å². The van der Waals surface area contributed by atoms with E-state index in [-0.39, 0.29) is 23.9 Å². The number of nitrogens with zero attached hydrogens (tertiary/aromatic N) is 3. The van der Waals surface area contributed by atoms with Crippen molar-refractivity contribution in [3.63, 3.8) is 0 Å². The molecule has 2 aromatic rings. The number of hydrogen-bond acceptors (Lipinski definition) is 5. The van der Waals surface area contributed by atoms with Crippen LogP contribution in [0.5, 0.6) is 0 Å². The summed E-state index contributed by atoms with van der Waals surface area (Å²) in [7, 11) is 0. The maximum absolute atomic E-state index is 13.2. The molecule has 136 valence electrons. The second-order valence-corrected chi connectivity index (χ2v) is 7.65. The average Bonchev–Trinajstić information content (AvgIpc) is 3.12. The molecule has 7 heteroatoms. The monoisotopic (exact) mass is 370 g/mol. The fraction of sp³-hybridized carbons (Fsp3) is 0.474. The third-order valence-corrected chi connectivity index (χ3v) is 5.60. The molecule has 1 unspecified atom stereocenters. The van der Waals surface area contributed by atoms with Gasteiger partial charge in [0, 0.05) is 17.5 Å². The minimum atomic E-state index is -0.626. The molecule has 2 saturated carbocycles. The Morgan fingerprint density at radius 1 is 1.12 bits per heavy atom. The van der Waals surface area contributed by atoms with Gasteiger partial charge < -0.3 is 10.2 Å². The summed E-state index contributed by atoms with van der Waals surface area (Å²) < 4.78 is 3.81. The van der Waals surface area contributed by atoms with Gasteiger partial charge in [-0.2, -0.15) is 0 Å². The predicted molar refractivity (Wildman–Crippen MR) is 98.7 cm³/mol. The molecular weight excluding hydrogens is 348 g/mol. The highest BCUT2D eigenvalue weighted by atomic mass is 32.1. The summed E-state index contributed by atoms with van der Waals surface area (Å²) in [6.07, 6.45) is 6.17. The summed E-state index contributed by atoms with van der Waals surface area (Å²) in [5, 5.41) is 8.75. The summed E-state index contributed by atoms with van der Waals surface area (Å²) in [5.74, 6) is -0.303. The highest BCUT2D eigenvalue weighted by molar-refractivity contribution is 7.03. The van der Waals surface area contributed by atoms with Crippen molar-refractivity contribution in [2.45, 2.75) is 56.7 Å². The molecule has 0 spiro atoms. The van der Waals surface area contributed by atoms with Crippen molar-refractivity contribution in [2.24, 2.45) is 0 Å². The van der Waals surface area contributed by atoms with Crippen molar-refractivity contribution in [2.75, 3.05) is 0 Å². The lowest BCUT2D eigenvalue weighted by molar-refractivity contribution is -0.126. The SMILES string of the molecule is O=C(NC1CCCC1)C(c1ccccc1)N(C(=O)c1csnn1)C1CC1.